The fourth-order valence-corrected chi connectivity index (χ4v) is 3.51. The summed E-state index contributed by atoms with van der Waals surface area (Å²) < 4.78 is 0. The summed E-state index contributed by atoms with van der Waals surface area (Å²) in [6, 6.07) is 8.59. The van der Waals surface area contributed by atoms with E-state index in [0.29, 0.717) is 6.54 Å². The molecule has 22 heavy (non-hydrogen) atoms. The lowest BCUT2D eigenvalue weighted by molar-refractivity contribution is -0.117. The van der Waals surface area contributed by atoms with Crippen molar-refractivity contribution in [2.24, 2.45) is 0 Å². The molecule has 0 aliphatic heterocycles. The average molecular weight is 316 g/mol. The predicted octanol–water partition coefficient (Wildman–Crippen LogP) is 4.30. The largest absolute Gasteiger partial charge is 0.324 e. The average Bonchev–Trinajstić information content (AvgIpc) is 2.95. The van der Waals surface area contributed by atoms with Crippen LogP contribution in [0.2, 0.25) is 0 Å². The second-order valence-corrected chi connectivity index (χ2v) is 6.91. The van der Waals surface area contributed by atoms with Crippen molar-refractivity contribution in [1.29, 1.82) is 0 Å². The van der Waals surface area contributed by atoms with Gasteiger partial charge in [0.15, 0.2) is 0 Å². The van der Waals surface area contributed by atoms with E-state index in [4.69, 9.17) is 0 Å². The number of thiophene rings is 1. The van der Waals surface area contributed by atoms with Crippen LogP contribution < -0.4 is 5.32 Å². The molecule has 118 valence electrons. The SMILES string of the molecule is Cc1cc(C)c(NC(=O)CN(C)C(C)c2cccs2)c(C)c1. The van der Waals surface area contributed by atoms with E-state index in [1.807, 2.05) is 27.0 Å². The van der Waals surface area contributed by atoms with Crippen molar-refractivity contribution in [3.8, 4) is 0 Å². The van der Waals surface area contributed by atoms with Gasteiger partial charge in [0.1, 0.15) is 0 Å². The third-order valence-corrected chi connectivity index (χ3v) is 4.99. The number of hydrogen-bond acceptors (Lipinski definition) is 3. The van der Waals surface area contributed by atoms with E-state index in [1.165, 1.54) is 10.4 Å². The first-order chi connectivity index (χ1) is 10.4. The first-order valence-corrected chi connectivity index (χ1v) is 8.37. The molecule has 0 saturated carbocycles. The molecule has 0 radical (unpaired) electrons. The maximum atomic E-state index is 12.3. The topological polar surface area (TPSA) is 32.3 Å². The van der Waals surface area contributed by atoms with Gasteiger partial charge in [0.2, 0.25) is 5.91 Å². The lowest BCUT2D eigenvalue weighted by atomic mass is 10.1. The number of hydrogen-bond donors (Lipinski definition) is 1. The Morgan fingerprint density at radius 3 is 2.45 bits per heavy atom. The Kier molecular flexibility index (Phi) is 5.37. The van der Waals surface area contributed by atoms with Gasteiger partial charge in [-0.15, -0.1) is 11.3 Å². The summed E-state index contributed by atoms with van der Waals surface area (Å²) in [6.45, 7) is 8.65. The zero-order valence-corrected chi connectivity index (χ0v) is 14.8. The van der Waals surface area contributed by atoms with Crippen molar-refractivity contribution in [1.82, 2.24) is 4.90 Å². The first-order valence-electron chi connectivity index (χ1n) is 7.50. The van der Waals surface area contributed by atoms with Crippen LogP contribution >= 0.6 is 11.3 Å². The molecular weight excluding hydrogens is 292 g/mol. The number of anilines is 1. The van der Waals surface area contributed by atoms with Gasteiger partial charge in [-0.1, -0.05) is 23.8 Å². The summed E-state index contributed by atoms with van der Waals surface area (Å²) in [5.41, 5.74) is 4.38. The number of nitrogens with zero attached hydrogens (tertiary/aromatic N) is 1. The Hall–Kier alpha value is -1.65. The number of nitrogens with one attached hydrogen (secondary N) is 1. The molecule has 1 aromatic heterocycles. The van der Waals surface area contributed by atoms with E-state index in [0.717, 1.165) is 16.8 Å². The van der Waals surface area contributed by atoms with Crippen LogP contribution in [0.1, 0.15) is 34.5 Å². The molecule has 1 unspecified atom stereocenters. The van der Waals surface area contributed by atoms with Crippen molar-refractivity contribution in [3.63, 3.8) is 0 Å². The monoisotopic (exact) mass is 316 g/mol. The number of carbonyl (C=O) groups excluding carboxylic acids is 1. The first kappa shape index (κ1) is 16.7. The van der Waals surface area contributed by atoms with E-state index >= 15 is 0 Å². The van der Waals surface area contributed by atoms with E-state index in [9.17, 15) is 4.79 Å². The summed E-state index contributed by atoms with van der Waals surface area (Å²) in [7, 11) is 1.98. The fraction of sp³-hybridized carbons (Fsp3) is 0.389. The molecule has 1 N–H and O–H groups in total. The Labute approximate surface area is 137 Å². The number of amides is 1. The van der Waals surface area contributed by atoms with Crippen LogP contribution in [0.3, 0.4) is 0 Å². The van der Waals surface area contributed by atoms with Gasteiger partial charge in [-0.2, -0.15) is 0 Å². The van der Waals surface area contributed by atoms with Gasteiger partial charge in [-0.05, 0) is 57.3 Å². The number of benzene rings is 1. The highest BCUT2D eigenvalue weighted by molar-refractivity contribution is 7.10. The minimum Gasteiger partial charge on any atom is -0.324 e. The van der Waals surface area contributed by atoms with Gasteiger partial charge >= 0.3 is 0 Å². The number of carbonyl (C=O) groups is 1. The Bertz CT molecular complexity index is 626. The van der Waals surface area contributed by atoms with Gasteiger partial charge in [0.25, 0.3) is 0 Å². The number of likely N-dealkylation sites (N-methyl/N-ethyl adjacent to an activating group) is 1. The summed E-state index contributed by atoms with van der Waals surface area (Å²) in [5, 5.41) is 5.13. The molecule has 0 spiro atoms. The third-order valence-electron chi connectivity index (χ3n) is 3.95. The van der Waals surface area contributed by atoms with Crippen LogP contribution in [0.5, 0.6) is 0 Å². The predicted molar refractivity (Wildman–Crippen MR) is 94.6 cm³/mol. The molecule has 2 rings (SSSR count). The summed E-state index contributed by atoms with van der Waals surface area (Å²) in [4.78, 5) is 15.7. The van der Waals surface area contributed by atoms with Crippen LogP contribution in [0, 0.1) is 20.8 Å². The molecule has 2 aromatic rings. The Morgan fingerprint density at radius 1 is 1.27 bits per heavy atom. The molecular formula is C18H24N2OS. The van der Waals surface area contributed by atoms with E-state index in [1.54, 1.807) is 11.3 Å². The van der Waals surface area contributed by atoms with Gasteiger partial charge in [0.05, 0.1) is 6.54 Å². The molecule has 4 heteroatoms. The van der Waals surface area contributed by atoms with Gasteiger partial charge in [-0.3, -0.25) is 9.69 Å². The molecule has 3 nitrogen and oxygen atoms in total. The third kappa shape index (κ3) is 3.96. The molecule has 1 amide bonds. The molecule has 0 saturated heterocycles. The second kappa shape index (κ2) is 7.07. The van der Waals surface area contributed by atoms with Crippen LogP contribution in [-0.4, -0.2) is 24.4 Å². The fourth-order valence-electron chi connectivity index (χ4n) is 2.67. The molecule has 0 aliphatic carbocycles. The molecule has 1 aromatic carbocycles. The summed E-state index contributed by atoms with van der Waals surface area (Å²) in [6.07, 6.45) is 0. The second-order valence-electron chi connectivity index (χ2n) is 5.93. The minimum absolute atomic E-state index is 0.0287. The standard InChI is InChI=1S/C18H24N2OS/c1-12-9-13(2)18(14(3)10-12)19-17(21)11-20(5)15(4)16-7-6-8-22-16/h6-10,15H,11H2,1-5H3,(H,19,21). The molecule has 1 atom stereocenters. The number of aryl methyl sites for hydroxylation is 3. The normalized spacial score (nSPS) is 12.5. The quantitative estimate of drug-likeness (QED) is 0.891. The van der Waals surface area contributed by atoms with Crippen molar-refractivity contribution in [2.75, 3.05) is 18.9 Å². The van der Waals surface area contributed by atoms with Crippen molar-refractivity contribution in [2.45, 2.75) is 33.7 Å². The lowest BCUT2D eigenvalue weighted by Crippen LogP contribution is -2.32. The molecule has 0 aliphatic rings. The van der Waals surface area contributed by atoms with E-state index in [-0.39, 0.29) is 11.9 Å². The van der Waals surface area contributed by atoms with E-state index in [2.05, 4.69) is 47.6 Å². The lowest BCUT2D eigenvalue weighted by Gasteiger charge is -2.23. The Balaban J connectivity index is 2.01. The van der Waals surface area contributed by atoms with Gasteiger partial charge in [-0.25, -0.2) is 0 Å². The maximum absolute atomic E-state index is 12.3. The Morgan fingerprint density at radius 2 is 1.91 bits per heavy atom. The van der Waals surface area contributed by atoms with Gasteiger partial charge in [0, 0.05) is 16.6 Å². The van der Waals surface area contributed by atoms with Crippen LogP contribution in [0.4, 0.5) is 5.69 Å². The number of rotatable bonds is 5. The highest BCUT2D eigenvalue weighted by atomic mass is 32.1. The van der Waals surface area contributed by atoms with Gasteiger partial charge < -0.3 is 5.32 Å². The summed E-state index contributed by atoms with van der Waals surface area (Å²) in [5.74, 6) is 0.0287. The minimum atomic E-state index is 0.0287. The highest BCUT2D eigenvalue weighted by Crippen LogP contribution is 2.24. The zero-order chi connectivity index (χ0) is 16.3. The highest BCUT2D eigenvalue weighted by Gasteiger charge is 2.16. The smallest absolute Gasteiger partial charge is 0.238 e. The van der Waals surface area contributed by atoms with Crippen molar-refractivity contribution < 1.29 is 4.79 Å². The maximum Gasteiger partial charge on any atom is 0.238 e. The van der Waals surface area contributed by atoms with Crippen molar-refractivity contribution >= 4 is 22.9 Å². The molecule has 0 bridgehead atoms. The molecule has 1 heterocycles. The van der Waals surface area contributed by atoms with Crippen molar-refractivity contribution in [3.05, 3.63) is 51.2 Å². The van der Waals surface area contributed by atoms with Crippen LogP contribution in [-0.2, 0) is 4.79 Å². The van der Waals surface area contributed by atoms with Crippen LogP contribution in [0.25, 0.3) is 0 Å². The zero-order valence-electron chi connectivity index (χ0n) is 13.9. The van der Waals surface area contributed by atoms with E-state index < -0.39 is 0 Å². The molecule has 0 fully saturated rings. The van der Waals surface area contributed by atoms with Crippen LogP contribution in [0.15, 0.2) is 29.6 Å². The summed E-state index contributed by atoms with van der Waals surface area (Å²) >= 11 is 1.72.